The van der Waals surface area contributed by atoms with E-state index in [1.165, 1.54) is 5.56 Å². The minimum atomic E-state index is -0.285. The van der Waals surface area contributed by atoms with Crippen molar-refractivity contribution >= 4 is 11.7 Å². The van der Waals surface area contributed by atoms with Crippen molar-refractivity contribution in [1.29, 1.82) is 0 Å². The molecule has 1 atom stereocenters. The molecule has 3 rings (SSSR count). The number of aryl methyl sites for hydroxylation is 2. The van der Waals surface area contributed by atoms with E-state index in [1.54, 1.807) is 17.8 Å². The zero-order valence-corrected chi connectivity index (χ0v) is 14.6. The van der Waals surface area contributed by atoms with Crippen molar-refractivity contribution in [3.05, 3.63) is 53.6 Å². The molecule has 0 spiro atoms. The van der Waals surface area contributed by atoms with Crippen molar-refractivity contribution in [3.8, 4) is 5.75 Å². The fraction of sp³-hybridized carbons (Fsp3) is 0.333. The lowest BCUT2D eigenvalue weighted by molar-refractivity contribution is 0.0928. The minimum Gasteiger partial charge on any atom is -0.497 e. The Morgan fingerprint density at radius 1 is 1.28 bits per heavy atom. The topological polar surface area (TPSA) is 81.4 Å². The van der Waals surface area contributed by atoms with E-state index < -0.39 is 0 Å². The molecule has 2 aromatic heterocycles. The Morgan fingerprint density at radius 2 is 2.04 bits per heavy atom. The van der Waals surface area contributed by atoms with Crippen LogP contribution in [0.5, 0.6) is 5.75 Å². The van der Waals surface area contributed by atoms with E-state index in [9.17, 15) is 4.79 Å². The van der Waals surface area contributed by atoms with Gasteiger partial charge in [-0.15, -0.1) is 5.10 Å². The van der Waals surface area contributed by atoms with Crippen LogP contribution in [0.25, 0.3) is 5.78 Å². The van der Waals surface area contributed by atoms with Crippen molar-refractivity contribution in [2.75, 3.05) is 7.11 Å². The van der Waals surface area contributed by atoms with Gasteiger partial charge in [-0.05, 0) is 50.5 Å². The molecule has 0 bridgehead atoms. The molecule has 0 aliphatic carbocycles. The molecule has 0 saturated heterocycles. The second kappa shape index (κ2) is 7.29. The monoisotopic (exact) mass is 339 g/mol. The van der Waals surface area contributed by atoms with E-state index in [2.05, 4.69) is 20.4 Å². The van der Waals surface area contributed by atoms with Crippen molar-refractivity contribution < 1.29 is 9.53 Å². The first-order valence-electron chi connectivity index (χ1n) is 8.19. The summed E-state index contributed by atoms with van der Waals surface area (Å²) < 4.78 is 6.72. The van der Waals surface area contributed by atoms with Crippen LogP contribution in [-0.2, 0) is 6.42 Å². The summed E-state index contributed by atoms with van der Waals surface area (Å²) >= 11 is 0. The number of ether oxygens (including phenoxy) is 1. The molecule has 0 radical (unpaired) electrons. The quantitative estimate of drug-likeness (QED) is 0.744. The number of methoxy groups -OCH3 is 1. The van der Waals surface area contributed by atoms with E-state index in [0.717, 1.165) is 24.3 Å². The van der Waals surface area contributed by atoms with Gasteiger partial charge in [-0.1, -0.05) is 12.1 Å². The third kappa shape index (κ3) is 3.93. The molecule has 1 aromatic carbocycles. The molecule has 2 heterocycles. The average molecular weight is 339 g/mol. The van der Waals surface area contributed by atoms with E-state index >= 15 is 0 Å². The summed E-state index contributed by atoms with van der Waals surface area (Å²) in [7, 11) is 1.65. The summed E-state index contributed by atoms with van der Waals surface area (Å²) in [6, 6.07) is 9.77. The number of amides is 1. The molecule has 0 aliphatic heterocycles. The number of hydrogen-bond acceptors (Lipinski definition) is 5. The second-order valence-corrected chi connectivity index (χ2v) is 5.99. The van der Waals surface area contributed by atoms with E-state index in [-0.39, 0.29) is 17.8 Å². The van der Waals surface area contributed by atoms with Crippen molar-refractivity contribution in [3.63, 3.8) is 0 Å². The number of nitrogens with one attached hydrogen (secondary N) is 1. The average Bonchev–Trinajstić information content (AvgIpc) is 3.06. The number of carbonyl (C=O) groups excluding carboxylic acids is 1. The molecule has 1 N–H and O–H groups in total. The third-order valence-corrected chi connectivity index (χ3v) is 4.04. The molecule has 130 valence electrons. The molecular weight excluding hydrogens is 318 g/mol. The van der Waals surface area contributed by atoms with Crippen molar-refractivity contribution in [1.82, 2.24) is 24.9 Å². The summed E-state index contributed by atoms with van der Waals surface area (Å²) in [5, 5.41) is 7.16. The standard InChI is InChI=1S/C18H21N5O2/c1-12(4-5-14-6-8-15(25-3)9-7-14)20-17(24)16-21-18-19-11-10-13(2)23(18)22-16/h6-12H,4-5H2,1-3H3,(H,20,24)/t12-/m1/s1. The van der Waals surface area contributed by atoms with Crippen LogP contribution in [0.1, 0.15) is 35.2 Å². The molecule has 3 aromatic rings. The zero-order chi connectivity index (χ0) is 17.8. The Kier molecular flexibility index (Phi) is 4.92. The van der Waals surface area contributed by atoms with Crippen molar-refractivity contribution in [2.24, 2.45) is 0 Å². The van der Waals surface area contributed by atoms with Crippen LogP contribution in [0.3, 0.4) is 0 Å². The number of nitrogens with zero attached hydrogens (tertiary/aromatic N) is 4. The minimum absolute atomic E-state index is 0.00951. The van der Waals surface area contributed by atoms with Crippen LogP contribution in [0, 0.1) is 6.92 Å². The first-order chi connectivity index (χ1) is 12.1. The first-order valence-corrected chi connectivity index (χ1v) is 8.19. The Morgan fingerprint density at radius 3 is 2.72 bits per heavy atom. The second-order valence-electron chi connectivity index (χ2n) is 5.99. The number of rotatable bonds is 6. The van der Waals surface area contributed by atoms with Gasteiger partial charge in [0.05, 0.1) is 7.11 Å². The molecule has 0 fully saturated rings. The predicted molar refractivity (Wildman–Crippen MR) is 93.8 cm³/mol. The molecule has 7 heteroatoms. The normalized spacial score (nSPS) is 12.1. The van der Waals surface area contributed by atoms with Gasteiger partial charge in [0.25, 0.3) is 11.7 Å². The van der Waals surface area contributed by atoms with Gasteiger partial charge in [0, 0.05) is 17.9 Å². The lowest BCUT2D eigenvalue weighted by Crippen LogP contribution is -2.33. The van der Waals surface area contributed by atoms with Crippen molar-refractivity contribution in [2.45, 2.75) is 32.7 Å². The third-order valence-electron chi connectivity index (χ3n) is 4.04. The number of carbonyl (C=O) groups is 1. The van der Waals surface area contributed by atoms with Gasteiger partial charge in [0.15, 0.2) is 0 Å². The van der Waals surface area contributed by atoms with Gasteiger partial charge >= 0.3 is 0 Å². The number of benzene rings is 1. The molecule has 25 heavy (non-hydrogen) atoms. The fourth-order valence-electron chi connectivity index (χ4n) is 2.54. The molecule has 7 nitrogen and oxygen atoms in total. The number of fused-ring (bicyclic) bond motifs is 1. The van der Waals surface area contributed by atoms with Crippen LogP contribution in [-0.4, -0.2) is 38.6 Å². The van der Waals surface area contributed by atoms with Crippen LogP contribution in [0.4, 0.5) is 0 Å². The smallest absolute Gasteiger partial charge is 0.291 e. The Hall–Kier alpha value is -2.96. The summed E-state index contributed by atoms with van der Waals surface area (Å²) in [4.78, 5) is 20.6. The molecule has 0 aliphatic rings. The van der Waals surface area contributed by atoms with Crippen LogP contribution < -0.4 is 10.1 Å². The van der Waals surface area contributed by atoms with E-state index in [1.807, 2.05) is 44.2 Å². The Bertz CT molecular complexity index is 873. The first kappa shape index (κ1) is 16.9. The SMILES string of the molecule is COc1ccc(CC[C@@H](C)NC(=O)c2nc3nccc(C)n3n2)cc1. The highest BCUT2D eigenvalue weighted by molar-refractivity contribution is 5.91. The van der Waals surface area contributed by atoms with Gasteiger partial charge in [-0.2, -0.15) is 4.98 Å². The molecule has 0 saturated carbocycles. The molecule has 1 amide bonds. The maximum Gasteiger partial charge on any atom is 0.291 e. The maximum atomic E-state index is 12.3. The van der Waals surface area contributed by atoms with Gasteiger partial charge in [0.2, 0.25) is 5.82 Å². The van der Waals surface area contributed by atoms with Crippen LogP contribution in [0.2, 0.25) is 0 Å². The van der Waals surface area contributed by atoms with E-state index in [0.29, 0.717) is 5.78 Å². The van der Waals surface area contributed by atoms with Gasteiger partial charge in [-0.3, -0.25) is 4.79 Å². The zero-order valence-electron chi connectivity index (χ0n) is 14.6. The summed E-state index contributed by atoms with van der Waals surface area (Å²) in [5.74, 6) is 1.12. The summed E-state index contributed by atoms with van der Waals surface area (Å²) in [6.45, 7) is 3.86. The van der Waals surface area contributed by atoms with Gasteiger partial charge in [-0.25, -0.2) is 9.50 Å². The molecular formula is C18H21N5O2. The Balaban J connectivity index is 1.58. The van der Waals surface area contributed by atoms with Gasteiger partial charge in [0.1, 0.15) is 5.75 Å². The lowest BCUT2D eigenvalue weighted by Gasteiger charge is -2.12. The highest BCUT2D eigenvalue weighted by Gasteiger charge is 2.16. The summed E-state index contributed by atoms with van der Waals surface area (Å²) in [6.07, 6.45) is 3.34. The Labute approximate surface area is 146 Å². The lowest BCUT2D eigenvalue weighted by atomic mass is 10.1. The highest BCUT2D eigenvalue weighted by atomic mass is 16.5. The summed E-state index contributed by atoms with van der Waals surface area (Å²) in [5.41, 5.74) is 2.08. The predicted octanol–water partition coefficient (Wildman–Crippen LogP) is 2.19. The van der Waals surface area contributed by atoms with Crippen LogP contribution in [0.15, 0.2) is 36.5 Å². The fourth-order valence-corrected chi connectivity index (χ4v) is 2.54. The number of hydrogen-bond donors (Lipinski definition) is 1. The number of aromatic nitrogens is 4. The van der Waals surface area contributed by atoms with Gasteiger partial charge < -0.3 is 10.1 Å². The maximum absolute atomic E-state index is 12.3. The highest BCUT2D eigenvalue weighted by Crippen LogP contribution is 2.13. The molecule has 0 unspecified atom stereocenters. The van der Waals surface area contributed by atoms with E-state index in [4.69, 9.17) is 4.74 Å². The van der Waals surface area contributed by atoms with Crippen LogP contribution >= 0.6 is 0 Å². The largest absolute Gasteiger partial charge is 0.497 e.